The molecule has 15 heavy (non-hydrogen) atoms. The minimum Gasteiger partial charge on any atom is -0.378 e. The minimum absolute atomic E-state index is 0.456. The van der Waals surface area contributed by atoms with Gasteiger partial charge >= 0.3 is 0 Å². The Kier molecular flexibility index (Phi) is 4.42. The average molecular weight is 213 g/mol. The first-order chi connectivity index (χ1) is 7.34. The maximum atomic E-state index is 5.62. The van der Waals surface area contributed by atoms with Gasteiger partial charge in [0.25, 0.3) is 0 Å². The smallest absolute Gasteiger partial charge is 0.0700 e. The van der Waals surface area contributed by atoms with Gasteiger partial charge in [0.1, 0.15) is 0 Å². The summed E-state index contributed by atoms with van der Waals surface area (Å²) < 4.78 is 11.2. The van der Waals surface area contributed by atoms with Gasteiger partial charge < -0.3 is 14.8 Å². The van der Waals surface area contributed by atoms with Gasteiger partial charge in [-0.1, -0.05) is 0 Å². The molecule has 2 aliphatic rings. The van der Waals surface area contributed by atoms with E-state index in [9.17, 15) is 0 Å². The van der Waals surface area contributed by atoms with Crippen LogP contribution < -0.4 is 5.32 Å². The van der Waals surface area contributed by atoms with Crippen LogP contribution >= 0.6 is 0 Å². The molecule has 2 aliphatic heterocycles. The summed E-state index contributed by atoms with van der Waals surface area (Å²) in [6, 6.07) is 0.553. The van der Waals surface area contributed by atoms with Crippen LogP contribution in [0.3, 0.4) is 0 Å². The third kappa shape index (κ3) is 3.74. The summed E-state index contributed by atoms with van der Waals surface area (Å²) >= 11 is 0. The van der Waals surface area contributed by atoms with Crippen LogP contribution in [0.5, 0.6) is 0 Å². The Balaban J connectivity index is 1.57. The first kappa shape index (κ1) is 11.4. The van der Waals surface area contributed by atoms with Crippen LogP contribution in [0.4, 0.5) is 0 Å². The lowest BCUT2D eigenvalue weighted by atomic mass is 10.1. The molecule has 3 atom stereocenters. The van der Waals surface area contributed by atoms with Crippen molar-refractivity contribution >= 4 is 0 Å². The average Bonchev–Trinajstić information content (AvgIpc) is 2.86. The van der Waals surface area contributed by atoms with Crippen LogP contribution in [-0.2, 0) is 9.47 Å². The summed E-state index contributed by atoms with van der Waals surface area (Å²) in [5, 5.41) is 3.55. The molecular formula is C12H23NO2. The van der Waals surface area contributed by atoms with E-state index >= 15 is 0 Å². The second-order valence-electron chi connectivity index (χ2n) is 4.82. The number of rotatable bonds is 5. The molecule has 2 rings (SSSR count). The second kappa shape index (κ2) is 5.83. The van der Waals surface area contributed by atoms with Crippen LogP contribution in [0.25, 0.3) is 0 Å². The van der Waals surface area contributed by atoms with Gasteiger partial charge in [-0.05, 0) is 39.0 Å². The lowest BCUT2D eigenvalue weighted by Crippen LogP contribution is -2.35. The van der Waals surface area contributed by atoms with E-state index in [0.717, 1.165) is 26.2 Å². The molecule has 2 saturated heterocycles. The predicted octanol–water partition coefficient (Wildman–Crippen LogP) is 1.71. The van der Waals surface area contributed by atoms with E-state index < -0.39 is 0 Å². The third-order valence-corrected chi connectivity index (χ3v) is 3.36. The lowest BCUT2D eigenvalue weighted by molar-refractivity contribution is 0.0869. The zero-order chi connectivity index (χ0) is 10.5. The number of hydrogen-bond acceptors (Lipinski definition) is 3. The Hall–Kier alpha value is -0.120. The van der Waals surface area contributed by atoms with Gasteiger partial charge in [-0.15, -0.1) is 0 Å². The van der Waals surface area contributed by atoms with Crippen LogP contribution in [0.15, 0.2) is 0 Å². The molecule has 0 bridgehead atoms. The number of hydrogen-bond donors (Lipinski definition) is 1. The molecule has 3 nitrogen and oxygen atoms in total. The quantitative estimate of drug-likeness (QED) is 0.754. The van der Waals surface area contributed by atoms with Gasteiger partial charge in [-0.3, -0.25) is 0 Å². The summed E-state index contributed by atoms with van der Waals surface area (Å²) in [5.41, 5.74) is 0. The van der Waals surface area contributed by atoms with Crippen molar-refractivity contribution in [3.63, 3.8) is 0 Å². The summed E-state index contributed by atoms with van der Waals surface area (Å²) in [4.78, 5) is 0. The van der Waals surface area contributed by atoms with Crippen molar-refractivity contribution in [3.8, 4) is 0 Å². The summed E-state index contributed by atoms with van der Waals surface area (Å²) in [7, 11) is 0. The standard InChI is InChI=1S/C12H23NO2/c1-10(8-11-4-2-6-14-11)13-9-12-5-3-7-15-12/h10-13H,2-9H2,1H3. The van der Waals surface area contributed by atoms with E-state index in [1.54, 1.807) is 0 Å². The van der Waals surface area contributed by atoms with Crippen molar-refractivity contribution in [1.29, 1.82) is 0 Å². The number of nitrogens with one attached hydrogen (secondary N) is 1. The largest absolute Gasteiger partial charge is 0.378 e. The summed E-state index contributed by atoms with van der Waals surface area (Å²) in [6.07, 6.45) is 7.03. The maximum Gasteiger partial charge on any atom is 0.0700 e. The first-order valence-corrected chi connectivity index (χ1v) is 6.31. The molecule has 0 radical (unpaired) electrons. The van der Waals surface area contributed by atoms with Gasteiger partial charge in [-0.25, -0.2) is 0 Å². The molecule has 0 aromatic carbocycles. The van der Waals surface area contributed by atoms with Gasteiger partial charge in [0, 0.05) is 25.8 Å². The van der Waals surface area contributed by atoms with E-state index in [2.05, 4.69) is 12.2 Å². The normalized spacial score (nSPS) is 33.4. The molecule has 2 fully saturated rings. The lowest BCUT2D eigenvalue weighted by Gasteiger charge is -2.19. The zero-order valence-electron chi connectivity index (χ0n) is 9.71. The Morgan fingerprint density at radius 1 is 1.13 bits per heavy atom. The van der Waals surface area contributed by atoms with Crippen LogP contribution in [0.1, 0.15) is 39.0 Å². The third-order valence-electron chi connectivity index (χ3n) is 3.36. The molecule has 3 heteroatoms. The Bertz CT molecular complexity index is 174. The fourth-order valence-electron chi connectivity index (χ4n) is 2.45. The van der Waals surface area contributed by atoms with E-state index in [1.165, 1.54) is 25.7 Å². The van der Waals surface area contributed by atoms with Crippen LogP contribution in [0, 0.1) is 0 Å². The highest BCUT2D eigenvalue weighted by atomic mass is 16.5. The van der Waals surface area contributed by atoms with E-state index in [1.807, 2.05) is 0 Å². The van der Waals surface area contributed by atoms with Crippen molar-refractivity contribution in [2.45, 2.75) is 57.3 Å². The van der Waals surface area contributed by atoms with Crippen LogP contribution in [0.2, 0.25) is 0 Å². The van der Waals surface area contributed by atoms with Crippen molar-refractivity contribution in [1.82, 2.24) is 5.32 Å². The van der Waals surface area contributed by atoms with Gasteiger partial charge in [0.2, 0.25) is 0 Å². The van der Waals surface area contributed by atoms with Crippen molar-refractivity contribution in [3.05, 3.63) is 0 Å². The molecule has 1 N–H and O–H groups in total. The predicted molar refractivity (Wildman–Crippen MR) is 60.0 cm³/mol. The fourth-order valence-corrected chi connectivity index (χ4v) is 2.45. The summed E-state index contributed by atoms with van der Waals surface area (Å²) in [5.74, 6) is 0. The molecule has 0 aromatic rings. The highest BCUT2D eigenvalue weighted by Gasteiger charge is 2.20. The van der Waals surface area contributed by atoms with E-state index in [4.69, 9.17) is 9.47 Å². The van der Waals surface area contributed by atoms with Gasteiger partial charge in [-0.2, -0.15) is 0 Å². The Labute approximate surface area is 92.5 Å². The molecule has 0 saturated carbocycles. The minimum atomic E-state index is 0.456. The second-order valence-corrected chi connectivity index (χ2v) is 4.82. The van der Waals surface area contributed by atoms with Crippen molar-refractivity contribution in [2.75, 3.05) is 19.8 Å². The molecule has 0 amide bonds. The fraction of sp³-hybridized carbons (Fsp3) is 1.00. The molecular weight excluding hydrogens is 190 g/mol. The highest BCUT2D eigenvalue weighted by Crippen LogP contribution is 2.17. The van der Waals surface area contributed by atoms with Gasteiger partial charge in [0.05, 0.1) is 12.2 Å². The van der Waals surface area contributed by atoms with Crippen molar-refractivity contribution in [2.24, 2.45) is 0 Å². The topological polar surface area (TPSA) is 30.5 Å². The Morgan fingerprint density at radius 2 is 1.80 bits per heavy atom. The van der Waals surface area contributed by atoms with E-state index in [0.29, 0.717) is 18.2 Å². The zero-order valence-corrected chi connectivity index (χ0v) is 9.71. The maximum absolute atomic E-state index is 5.62. The molecule has 0 aromatic heterocycles. The Morgan fingerprint density at radius 3 is 2.40 bits per heavy atom. The van der Waals surface area contributed by atoms with Crippen LogP contribution in [-0.4, -0.2) is 38.0 Å². The van der Waals surface area contributed by atoms with E-state index in [-0.39, 0.29) is 0 Å². The highest BCUT2D eigenvalue weighted by molar-refractivity contribution is 4.74. The monoisotopic (exact) mass is 213 g/mol. The number of ether oxygens (including phenoxy) is 2. The van der Waals surface area contributed by atoms with Crippen molar-refractivity contribution < 1.29 is 9.47 Å². The molecule has 88 valence electrons. The molecule has 3 unspecified atom stereocenters. The molecule has 0 aliphatic carbocycles. The SMILES string of the molecule is CC(CC1CCCO1)NCC1CCCO1. The molecule has 2 heterocycles. The first-order valence-electron chi connectivity index (χ1n) is 6.31. The van der Waals surface area contributed by atoms with Gasteiger partial charge in [0.15, 0.2) is 0 Å². The molecule has 0 spiro atoms. The summed E-state index contributed by atoms with van der Waals surface area (Å²) in [6.45, 7) is 5.17.